The first kappa shape index (κ1) is 14.5. The summed E-state index contributed by atoms with van der Waals surface area (Å²) in [7, 11) is 1.71. The molecule has 0 aliphatic rings. The summed E-state index contributed by atoms with van der Waals surface area (Å²) in [6, 6.07) is 4.60. The lowest BCUT2D eigenvalue weighted by Gasteiger charge is -2.16. The van der Waals surface area contributed by atoms with Crippen molar-refractivity contribution in [2.24, 2.45) is 12.9 Å². The van der Waals surface area contributed by atoms with Crippen LogP contribution < -0.4 is 11.3 Å². The quantitative estimate of drug-likeness (QED) is 0.661. The van der Waals surface area contributed by atoms with Gasteiger partial charge in [-0.3, -0.25) is 16.0 Å². The molecule has 2 aromatic rings. The lowest BCUT2D eigenvalue weighted by molar-refractivity contribution is -0.137. The Morgan fingerprint density at radius 2 is 2.15 bits per heavy atom. The normalized spacial score (nSPS) is 13.4. The fraction of sp³-hybridized carbons (Fsp3) is 0.333. The van der Waals surface area contributed by atoms with Crippen molar-refractivity contribution >= 4 is 0 Å². The Kier molecular flexibility index (Phi) is 4.05. The number of rotatable bonds is 4. The maximum absolute atomic E-state index is 12.7. The van der Waals surface area contributed by atoms with Gasteiger partial charge >= 0.3 is 6.18 Å². The van der Waals surface area contributed by atoms with Crippen LogP contribution in [-0.4, -0.2) is 15.0 Å². The maximum Gasteiger partial charge on any atom is 0.416 e. The molecule has 0 aliphatic heterocycles. The largest absolute Gasteiger partial charge is 0.416 e. The predicted octanol–water partition coefficient (Wildman–Crippen LogP) is 1.58. The highest BCUT2D eigenvalue weighted by Gasteiger charge is 2.31. The molecular weight excluding hydrogens is 271 g/mol. The number of nitrogens with two attached hydrogens (primary N) is 1. The van der Waals surface area contributed by atoms with E-state index in [0.717, 1.165) is 12.1 Å². The van der Waals surface area contributed by atoms with Crippen molar-refractivity contribution in [1.82, 2.24) is 20.4 Å². The highest BCUT2D eigenvalue weighted by atomic mass is 19.4. The molecule has 5 nitrogen and oxygen atoms in total. The molecule has 0 aliphatic carbocycles. The van der Waals surface area contributed by atoms with E-state index >= 15 is 0 Å². The Hall–Kier alpha value is -1.93. The van der Waals surface area contributed by atoms with Crippen molar-refractivity contribution in [3.8, 4) is 0 Å². The number of alkyl halides is 3. The van der Waals surface area contributed by atoms with Crippen molar-refractivity contribution in [3.05, 3.63) is 47.3 Å². The van der Waals surface area contributed by atoms with E-state index < -0.39 is 17.8 Å². The SMILES string of the molecule is Cn1cc(CC(NN)c2cccc(C(F)(F)F)c2)nn1. The third-order valence-electron chi connectivity index (χ3n) is 2.88. The van der Waals surface area contributed by atoms with Crippen LogP contribution in [0.5, 0.6) is 0 Å². The van der Waals surface area contributed by atoms with Gasteiger partial charge in [-0.2, -0.15) is 13.2 Å². The lowest BCUT2D eigenvalue weighted by atomic mass is 10.0. The van der Waals surface area contributed by atoms with Crippen LogP contribution in [0.1, 0.15) is 22.9 Å². The minimum atomic E-state index is -4.37. The Balaban J connectivity index is 2.23. The molecule has 1 aromatic carbocycles. The van der Waals surface area contributed by atoms with Gasteiger partial charge in [0.1, 0.15) is 0 Å². The minimum Gasteiger partial charge on any atom is -0.271 e. The molecule has 2 rings (SSSR count). The van der Waals surface area contributed by atoms with Crippen LogP contribution in [-0.2, 0) is 19.6 Å². The zero-order valence-corrected chi connectivity index (χ0v) is 10.7. The molecule has 108 valence electrons. The number of nitrogens with one attached hydrogen (secondary N) is 1. The van der Waals surface area contributed by atoms with Crippen molar-refractivity contribution in [1.29, 1.82) is 0 Å². The van der Waals surface area contributed by atoms with Crippen molar-refractivity contribution in [2.45, 2.75) is 18.6 Å². The first-order chi connectivity index (χ1) is 9.40. The molecule has 0 fully saturated rings. The molecule has 1 atom stereocenters. The third kappa shape index (κ3) is 3.34. The molecule has 0 saturated carbocycles. The Morgan fingerprint density at radius 1 is 1.40 bits per heavy atom. The van der Waals surface area contributed by atoms with E-state index in [4.69, 9.17) is 5.84 Å². The van der Waals surface area contributed by atoms with Crippen LogP contribution in [0.3, 0.4) is 0 Å². The number of hydrogen-bond donors (Lipinski definition) is 2. The maximum atomic E-state index is 12.7. The van der Waals surface area contributed by atoms with E-state index in [1.807, 2.05) is 0 Å². The third-order valence-corrected chi connectivity index (χ3v) is 2.88. The van der Waals surface area contributed by atoms with Crippen LogP contribution in [0.15, 0.2) is 30.5 Å². The molecule has 20 heavy (non-hydrogen) atoms. The number of hydrogen-bond acceptors (Lipinski definition) is 4. The van der Waals surface area contributed by atoms with Gasteiger partial charge in [-0.1, -0.05) is 17.3 Å². The number of nitrogens with zero attached hydrogens (tertiary/aromatic N) is 3. The molecule has 0 bridgehead atoms. The summed E-state index contributed by atoms with van der Waals surface area (Å²) in [5, 5.41) is 7.67. The molecule has 1 unspecified atom stereocenters. The summed E-state index contributed by atoms with van der Waals surface area (Å²) in [5.41, 5.74) is 2.91. The van der Waals surface area contributed by atoms with E-state index in [0.29, 0.717) is 17.7 Å². The molecule has 1 heterocycles. The van der Waals surface area contributed by atoms with Crippen LogP contribution in [0.2, 0.25) is 0 Å². The molecule has 3 N–H and O–H groups in total. The standard InChI is InChI=1S/C12H14F3N5/c1-20-7-10(18-19-20)6-11(17-16)8-3-2-4-9(5-8)12(13,14)15/h2-5,7,11,17H,6,16H2,1H3. The summed E-state index contributed by atoms with van der Waals surface area (Å²) in [5.74, 6) is 5.43. The van der Waals surface area contributed by atoms with Gasteiger partial charge in [0.05, 0.1) is 17.3 Å². The van der Waals surface area contributed by atoms with Gasteiger partial charge in [0.2, 0.25) is 0 Å². The number of benzene rings is 1. The van der Waals surface area contributed by atoms with Crippen LogP contribution >= 0.6 is 0 Å². The highest BCUT2D eigenvalue weighted by molar-refractivity contribution is 5.28. The van der Waals surface area contributed by atoms with Gasteiger partial charge in [0.15, 0.2) is 0 Å². The molecule has 0 spiro atoms. The van der Waals surface area contributed by atoms with Crippen molar-refractivity contribution < 1.29 is 13.2 Å². The minimum absolute atomic E-state index is 0.353. The van der Waals surface area contributed by atoms with Crippen LogP contribution in [0.4, 0.5) is 13.2 Å². The van der Waals surface area contributed by atoms with Crippen LogP contribution in [0.25, 0.3) is 0 Å². The summed E-state index contributed by atoms with van der Waals surface area (Å²) in [4.78, 5) is 0. The van der Waals surface area contributed by atoms with Crippen LogP contribution in [0, 0.1) is 0 Å². The second-order valence-electron chi connectivity index (χ2n) is 4.43. The molecule has 1 aromatic heterocycles. The Morgan fingerprint density at radius 3 is 2.70 bits per heavy atom. The molecule has 8 heteroatoms. The van der Waals surface area contributed by atoms with E-state index in [1.54, 1.807) is 19.3 Å². The topological polar surface area (TPSA) is 68.8 Å². The van der Waals surface area contributed by atoms with E-state index in [-0.39, 0.29) is 0 Å². The fourth-order valence-corrected chi connectivity index (χ4v) is 1.90. The zero-order valence-electron chi connectivity index (χ0n) is 10.7. The first-order valence-corrected chi connectivity index (χ1v) is 5.88. The van der Waals surface area contributed by atoms with Gasteiger partial charge in [-0.05, 0) is 17.7 Å². The molecule has 0 saturated heterocycles. The van der Waals surface area contributed by atoms with Gasteiger partial charge < -0.3 is 0 Å². The average molecular weight is 285 g/mol. The van der Waals surface area contributed by atoms with E-state index in [9.17, 15) is 13.2 Å². The second-order valence-corrected chi connectivity index (χ2v) is 4.43. The van der Waals surface area contributed by atoms with Gasteiger partial charge in [0, 0.05) is 19.7 Å². The summed E-state index contributed by atoms with van der Waals surface area (Å²) < 4.78 is 39.6. The molecule has 0 radical (unpaired) electrons. The van der Waals surface area contributed by atoms with E-state index in [2.05, 4.69) is 15.7 Å². The summed E-state index contributed by atoms with van der Waals surface area (Å²) in [6.45, 7) is 0. The first-order valence-electron chi connectivity index (χ1n) is 5.88. The second kappa shape index (κ2) is 5.59. The summed E-state index contributed by atoms with van der Waals surface area (Å²) >= 11 is 0. The van der Waals surface area contributed by atoms with Gasteiger partial charge in [-0.15, -0.1) is 5.10 Å². The number of hydrazine groups is 1. The summed E-state index contributed by atoms with van der Waals surface area (Å²) in [6.07, 6.45) is -2.33. The molecular formula is C12H14F3N5. The van der Waals surface area contributed by atoms with E-state index in [1.165, 1.54) is 10.7 Å². The number of aryl methyl sites for hydroxylation is 1. The van der Waals surface area contributed by atoms with Gasteiger partial charge in [-0.25, -0.2) is 0 Å². The Labute approximate surface area is 113 Å². The van der Waals surface area contributed by atoms with Crippen molar-refractivity contribution in [2.75, 3.05) is 0 Å². The Bertz CT molecular complexity index is 578. The number of halogens is 3. The zero-order chi connectivity index (χ0) is 14.8. The fourth-order valence-electron chi connectivity index (χ4n) is 1.90. The monoisotopic (exact) mass is 285 g/mol. The predicted molar refractivity (Wildman–Crippen MR) is 66.2 cm³/mol. The number of aromatic nitrogens is 3. The smallest absolute Gasteiger partial charge is 0.271 e. The highest BCUT2D eigenvalue weighted by Crippen LogP contribution is 2.31. The molecule has 0 amide bonds. The van der Waals surface area contributed by atoms with Crippen molar-refractivity contribution in [3.63, 3.8) is 0 Å². The lowest BCUT2D eigenvalue weighted by Crippen LogP contribution is -2.30. The average Bonchev–Trinajstić information content (AvgIpc) is 2.81. The van der Waals surface area contributed by atoms with Gasteiger partial charge in [0.25, 0.3) is 0 Å².